The fraction of sp³-hybridized carbons (Fsp3) is 0.500. The Balaban J connectivity index is 3.29. The largest absolute Gasteiger partial charge is 0.467 e. The van der Waals surface area contributed by atoms with Gasteiger partial charge in [0.25, 0.3) is 0 Å². The van der Waals surface area contributed by atoms with Crippen LogP contribution >= 0.6 is 0 Å². The van der Waals surface area contributed by atoms with Crippen molar-refractivity contribution in [3.05, 3.63) is 11.8 Å². The molecule has 6 nitrogen and oxygen atoms in total. The lowest BCUT2D eigenvalue weighted by Crippen LogP contribution is -2.11. The Hall–Kier alpha value is -1.21. The molecule has 0 saturated heterocycles. The first-order valence-electron chi connectivity index (χ1n) is 4.29. The molecule has 0 saturated carbocycles. The molecule has 0 bridgehead atoms. The average Bonchev–Trinajstić information content (AvgIpc) is 2.17. The fourth-order valence-corrected chi connectivity index (χ4v) is 2.00. The Morgan fingerprint density at radius 1 is 1.53 bits per heavy atom. The second kappa shape index (κ2) is 4.54. The van der Waals surface area contributed by atoms with Gasteiger partial charge >= 0.3 is 6.01 Å². The minimum Gasteiger partial charge on any atom is -0.467 e. The Kier molecular flexibility index (Phi) is 3.59. The smallest absolute Gasteiger partial charge is 0.317 e. The Bertz CT molecular complexity index is 444. The van der Waals surface area contributed by atoms with Crippen LogP contribution in [0.1, 0.15) is 5.56 Å². The molecule has 84 valence electrons. The molecule has 0 atom stereocenters. The van der Waals surface area contributed by atoms with Crippen molar-refractivity contribution in [1.82, 2.24) is 9.97 Å². The van der Waals surface area contributed by atoms with Gasteiger partial charge < -0.3 is 10.5 Å². The monoisotopic (exact) mass is 231 g/mol. The number of hydrogen-bond acceptors (Lipinski definition) is 6. The van der Waals surface area contributed by atoms with Crippen molar-refractivity contribution in [1.29, 1.82) is 0 Å². The van der Waals surface area contributed by atoms with Gasteiger partial charge in [-0.25, -0.2) is 13.4 Å². The van der Waals surface area contributed by atoms with Crippen molar-refractivity contribution in [2.75, 3.05) is 19.9 Å². The first-order valence-corrected chi connectivity index (χ1v) is 6.18. The molecular weight excluding hydrogens is 218 g/mol. The van der Waals surface area contributed by atoms with Crippen LogP contribution in [0.2, 0.25) is 0 Å². The van der Waals surface area contributed by atoms with Crippen molar-refractivity contribution in [2.45, 2.75) is 11.4 Å². The van der Waals surface area contributed by atoms with E-state index in [0.717, 1.165) is 6.26 Å². The molecule has 1 aromatic heterocycles. The van der Waals surface area contributed by atoms with Gasteiger partial charge in [-0.3, -0.25) is 0 Å². The molecule has 0 unspecified atom stereocenters. The van der Waals surface area contributed by atoms with Crippen LogP contribution in [0.5, 0.6) is 6.01 Å². The highest BCUT2D eigenvalue weighted by Gasteiger charge is 2.16. The van der Waals surface area contributed by atoms with E-state index in [1.54, 1.807) is 0 Å². The molecule has 1 heterocycles. The van der Waals surface area contributed by atoms with E-state index in [-0.39, 0.29) is 11.0 Å². The van der Waals surface area contributed by atoms with Crippen LogP contribution in [0.25, 0.3) is 0 Å². The van der Waals surface area contributed by atoms with Gasteiger partial charge in [-0.2, -0.15) is 4.98 Å². The van der Waals surface area contributed by atoms with E-state index < -0.39 is 9.84 Å². The van der Waals surface area contributed by atoms with Crippen molar-refractivity contribution >= 4 is 9.84 Å². The third kappa shape index (κ3) is 2.87. The number of rotatable bonds is 4. The predicted octanol–water partition coefficient (Wildman–Crippen LogP) is -0.610. The lowest BCUT2D eigenvalue weighted by Gasteiger charge is -2.06. The number of nitrogens with zero attached hydrogens (tertiary/aromatic N) is 2. The molecule has 0 amide bonds. The standard InChI is InChI=1S/C8H13N3O3S/c1-14-8-10-5-6(3-4-9)7(11-8)15(2,12)13/h5H,3-4,9H2,1-2H3. The lowest BCUT2D eigenvalue weighted by atomic mass is 10.2. The summed E-state index contributed by atoms with van der Waals surface area (Å²) >= 11 is 0. The molecule has 1 rings (SSSR count). The summed E-state index contributed by atoms with van der Waals surface area (Å²) in [6.07, 6.45) is 2.94. The molecule has 1 aromatic rings. The van der Waals surface area contributed by atoms with E-state index in [2.05, 4.69) is 9.97 Å². The molecule has 0 aromatic carbocycles. The first-order chi connectivity index (χ1) is 6.99. The second-order valence-corrected chi connectivity index (χ2v) is 4.93. The molecule has 0 aliphatic rings. The molecule has 0 radical (unpaired) electrons. The number of sulfone groups is 1. The molecule has 2 N–H and O–H groups in total. The van der Waals surface area contributed by atoms with Crippen LogP contribution in [0.4, 0.5) is 0 Å². The summed E-state index contributed by atoms with van der Waals surface area (Å²) in [5.41, 5.74) is 5.88. The van der Waals surface area contributed by atoms with Crippen LogP contribution in [-0.4, -0.2) is 38.3 Å². The minimum atomic E-state index is -3.37. The van der Waals surface area contributed by atoms with Gasteiger partial charge in [0.2, 0.25) is 0 Å². The second-order valence-electron chi connectivity index (χ2n) is 3.00. The summed E-state index contributed by atoms with van der Waals surface area (Å²) in [5.74, 6) is 0. The van der Waals surface area contributed by atoms with E-state index >= 15 is 0 Å². The van der Waals surface area contributed by atoms with E-state index in [1.165, 1.54) is 13.3 Å². The summed E-state index contributed by atoms with van der Waals surface area (Å²) in [4.78, 5) is 7.64. The van der Waals surface area contributed by atoms with E-state index in [9.17, 15) is 8.42 Å². The third-order valence-corrected chi connectivity index (χ3v) is 2.81. The zero-order valence-electron chi connectivity index (χ0n) is 8.60. The molecule has 0 aliphatic heterocycles. The highest BCUT2D eigenvalue weighted by molar-refractivity contribution is 7.90. The minimum absolute atomic E-state index is 0.0141. The van der Waals surface area contributed by atoms with Crippen molar-refractivity contribution in [3.8, 4) is 6.01 Å². The van der Waals surface area contributed by atoms with Crippen molar-refractivity contribution in [2.24, 2.45) is 5.73 Å². The van der Waals surface area contributed by atoms with E-state index in [0.29, 0.717) is 18.5 Å². The summed E-state index contributed by atoms with van der Waals surface area (Å²) in [6.45, 7) is 0.345. The number of ether oxygens (including phenoxy) is 1. The van der Waals surface area contributed by atoms with Crippen LogP contribution in [-0.2, 0) is 16.3 Å². The predicted molar refractivity (Wildman–Crippen MR) is 54.5 cm³/mol. The molecule has 7 heteroatoms. The number of hydrogen-bond donors (Lipinski definition) is 1. The summed E-state index contributed by atoms with van der Waals surface area (Å²) in [5, 5.41) is -0.0141. The summed E-state index contributed by atoms with van der Waals surface area (Å²) in [6, 6.07) is 0.0381. The topological polar surface area (TPSA) is 95.2 Å². The zero-order valence-corrected chi connectivity index (χ0v) is 9.41. The fourth-order valence-electron chi connectivity index (χ4n) is 1.12. The van der Waals surface area contributed by atoms with Gasteiger partial charge in [-0.15, -0.1) is 0 Å². The van der Waals surface area contributed by atoms with E-state index in [4.69, 9.17) is 10.5 Å². The maximum Gasteiger partial charge on any atom is 0.317 e. The molecule has 15 heavy (non-hydrogen) atoms. The van der Waals surface area contributed by atoms with Gasteiger partial charge in [-0.05, 0) is 13.0 Å². The number of aromatic nitrogens is 2. The first kappa shape index (κ1) is 11.9. The highest BCUT2D eigenvalue weighted by Crippen LogP contribution is 2.15. The maximum atomic E-state index is 11.4. The maximum absolute atomic E-state index is 11.4. The quantitative estimate of drug-likeness (QED) is 0.694. The SMILES string of the molecule is COc1ncc(CCN)c(S(C)(=O)=O)n1. The van der Waals surface area contributed by atoms with Crippen LogP contribution < -0.4 is 10.5 Å². The zero-order chi connectivity index (χ0) is 11.5. The Labute approximate surface area is 88.4 Å². The summed E-state index contributed by atoms with van der Waals surface area (Å²) < 4.78 is 27.6. The highest BCUT2D eigenvalue weighted by atomic mass is 32.2. The van der Waals surface area contributed by atoms with Crippen molar-refractivity contribution in [3.63, 3.8) is 0 Å². The third-order valence-electron chi connectivity index (χ3n) is 1.75. The van der Waals surface area contributed by atoms with Crippen LogP contribution in [0, 0.1) is 0 Å². The van der Waals surface area contributed by atoms with Gasteiger partial charge in [0, 0.05) is 18.0 Å². The Morgan fingerprint density at radius 2 is 2.20 bits per heavy atom. The average molecular weight is 231 g/mol. The molecule has 0 fully saturated rings. The van der Waals surface area contributed by atoms with Gasteiger partial charge in [0.05, 0.1) is 7.11 Å². The van der Waals surface area contributed by atoms with Crippen molar-refractivity contribution < 1.29 is 13.2 Å². The molecule has 0 spiro atoms. The van der Waals surface area contributed by atoms with E-state index in [1.807, 2.05) is 0 Å². The Morgan fingerprint density at radius 3 is 2.67 bits per heavy atom. The number of methoxy groups -OCH3 is 1. The normalized spacial score (nSPS) is 11.4. The van der Waals surface area contributed by atoms with Gasteiger partial charge in [0.15, 0.2) is 14.9 Å². The molecular formula is C8H13N3O3S. The summed E-state index contributed by atoms with van der Waals surface area (Å²) in [7, 11) is -2.00. The molecule has 0 aliphatic carbocycles. The lowest BCUT2D eigenvalue weighted by molar-refractivity contribution is 0.374. The van der Waals surface area contributed by atoms with Crippen LogP contribution in [0.15, 0.2) is 11.2 Å². The number of nitrogens with two attached hydrogens (primary N) is 1. The van der Waals surface area contributed by atoms with Gasteiger partial charge in [-0.1, -0.05) is 0 Å². The van der Waals surface area contributed by atoms with Crippen LogP contribution in [0.3, 0.4) is 0 Å². The van der Waals surface area contributed by atoms with Gasteiger partial charge in [0.1, 0.15) is 0 Å².